The van der Waals surface area contributed by atoms with Crippen molar-refractivity contribution in [1.82, 2.24) is 5.32 Å². The van der Waals surface area contributed by atoms with Gasteiger partial charge in [-0.3, -0.25) is 4.79 Å². The van der Waals surface area contributed by atoms with Gasteiger partial charge in [-0.15, -0.1) is 6.58 Å². The molecule has 3 rings (SSSR count). The summed E-state index contributed by atoms with van der Waals surface area (Å²) in [5.74, 6) is 0.290. The lowest BCUT2D eigenvalue weighted by Gasteiger charge is -2.15. The van der Waals surface area contributed by atoms with Crippen LogP contribution in [-0.4, -0.2) is 23.6 Å². The smallest absolute Gasteiger partial charge is 0.260 e. The Morgan fingerprint density at radius 3 is 2.86 bits per heavy atom. The average Bonchev–Trinajstić information content (AvgIpc) is 2.99. The minimum atomic E-state index is -0.287. The highest BCUT2D eigenvalue weighted by molar-refractivity contribution is 8.05. The molecule has 0 bridgehead atoms. The molecule has 3 N–H and O–H groups in total. The van der Waals surface area contributed by atoms with Gasteiger partial charge in [0, 0.05) is 16.3 Å². The highest BCUT2D eigenvalue weighted by atomic mass is 35.5. The van der Waals surface area contributed by atoms with E-state index < -0.39 is 0 Å². The van der Waals surface area contributed by atoms with E-state index in [1.54, 1.807) is 24.3 Å². The molecular formula is C21H21ClN2O3S. The van der Waals surface area contributed by atoms with Gasteiger partial charge < -0.3 is 20.5 Å². The van der Waals surface area contributed by atoms with Crippen molar-refractivity contribution in [2.45, 2.75) is 18.8 Å². The fourth-order valence-corrected chi connectivity index (χ4v) is 4.09. The molecule has 2 aromatic carbocycles. The molecule has 7 heteroatoms. The van der Waals surface area contributed by atoms with Gasteiger partial charge in [0.25, 0.3) is 5.91 Å². The van der Waals surface area contributed by atoms with Crippen LogP contribution in [-0.2, 0) is 11.2 Å². The van der Waals surface area contributed by atoms with Gasteiger partial charge in [0.2, 0.25) is 0 Å². The number of phenolic OH excluding ortho intramolecular Hbond substituents is 1. The largest absolute Gasteiger partial charge is 0.504 e. The Morgan fingerprint density at radius 1 is 1.39 bits per heavy atom. The molecule has 5 nitrogen and oxygen atoms in total. The van der Waals surface area contributed by atoms with Crippen LogP contribution < -0.4 is 15.4 Å². The zero-order chi connectivity index (χ0) is 20.3. The first-order valence-corrected chi connectivity index (χ1v) is 9.89. The maximum Gasteiger partial charge on any atom is 0.260 e. The zero-order valence-corrected chi connectivity index (χ0v) is 17.2. The lowest BCUT2D eigenvalue weighted by Crippen LogP contribution is -2.31. The Balaban J connectivity index is 1.82. The van der Waals surface area contributed by atoms with Crippen LogP contribution in [0.15, 0.2) is 47.9 Å². The van der Waals surface area contributed by atoms with E-state index in [9.17, 15) is 9.90 Å². The van der Waals surface area contributed by atoms with Gasteiger partial charge in [-0.2, -0.15) is 0 Å². The summed E-state index contributed by atoms with van der Waals surface area (Å²) in [5, 5.41) is 17.1. The SMILES string of the molecule is C=CCc1cc(/C=C2\SC(Nc3ccc(Cl)cc3C)NC2=O)cc(OC)c1O. The number of anilines is 1. The Hall–Kier alpha value is -2.57. The maximum absolute atomic E-state index is 12.4. The van der Waals surface area contributed by atoms with E-state index >= 15 is 0 Å². The Labute approximate surface area is 173 Å². The second-order valence-corrected chi connectivity index (χ2v) is 7.89. The first-order valence-electron chi connectivity index (χ1n) is 8.64. The van der Waals surface area contributed by atoms with Gasteiger partial charge in [0.15, 0.2) is 17.0 Å². The molecule has 0 aromatic heterocycles. The van der Waals surface area contributed by atoms with Crippen molar-refractivity contribution in [3.05, 3.63) is 69.6 Å². The lowest BCUT2D eigenvalue weighted by atomic mass is 10.1. The Kier molecular flexibility index (Phi) is 6.21. The third-order valence-electron chi connectivity index (χ3n) is 4.26. The van der Waals surface area contributed by atoms with Crippen LogP contribution in [0.3, 0.4) is 0 Å². The lowest BCUT2D eigenvalue weighted by molar-refractivity contribution is -0.116. The van der Waals surface area contributed by atoms with Gasteiger partial charge in [-0.05, 0) is 60.9 Å². The summed E-state index contributed by atoms with van der Waals surface area (Å²) in [7, 11) is 1.50. The van der Waals surface area contributed by atoms with Gasteiger partial charge in [0.05, 0.1) is 12.0 Å². The summed E-state index contributed by atoms with van der Waals surface area (Å²) in [6, 6.07) is 9.08. The minimum Gasteiger partial charge on any atom is -0.504 e. The van der Waals surface area contributed by atoms with Crippen LogP contribution in [0.5, 0.6) is 11.5 Å². The highest BCUT2D eigenvalue weighted by Gasteiger charge is 2.27. The first-order chi connectivity index (χ1) is 13.4. The molecule has 1 unspecified atom stereocenters. The van der Waals surface area contributed by atoms with Crippen molar-refractivity contribution in [2.75, 3.05) is 12.4 Å². The normalized spacial score (nSPS) is 17.5. The van der Waals surface area contributed by atoms with Crippen molar-refractivity contribution >= 4 is 41.0 Å². The number of halogens is 1. The number of thioether (sulfide) groups is 1. The number of methoxy groups -OCH3 is 1. The average molecular weight is 417 g/mol. The van der Waals surface area contributed by atoms with Gasteiger partial charge in [-0.1, -0.05) is 29.4 Å². The van der Waals surface area contributed by atoms with Gasteiger partial charge in [0.1, 0.15) is 0 Å². The highest BCUT2D eigenvalue weighted by Crippen LogP contribution is 2.35. The number of carbonyl (C=O) groups is 1. The van der Waals surface area contributed by atoms with Crippen LogP contribution in [0.25, 0.3) is 6.08 Å². The summed E-state index contributed by atoms with van der Waals surface area (Å²) in [4.78, 5) is 13.0. The fourth-order valence-electron chi connectivity index (χ4n) is 2.89. The number of hydrogen-bond acceptors (Lipinski definition) is 5. The summed E-state index contributed by atoms with van der Waals surface area (Å²) in [5.41, 5.74) is 3.08. The third-order valence-corrected chi connectivity index (χ3v) is 5.53. The van der Waals surface area contributed by atoms with E-state index in [-0.39, 0.29) is 17.2 Å². The number of amides is 1. The van der Waals surface area contributed by atoms with Crippen molar-refractivity contribution in [3.8, 4) is 11.5 Å². The number of carbonyl (C=O) groups excluding carboxylic acids is 1. The number of aromatic hydroxyl groups is 1. The maximum atomic E-state index is 12.4. The Bertz CT molecular complexity index is 959. The monoisotopic (exact) mass is 416 g/mol. The van der Waals surface area contributed by atoms with Crippen molar-refractivity contribution < 1.29 is 14.6 Å². The van der Waals surface area contributed by atoms with Crippen LogP contribution in [0.2, 0.25) is 5.02 Å². The number of nitrogens with one attached hydrogen (secondary N) is 2. The molecule has 0 saturated carbocycles. The van der Waals surface area contributed by atoms with E-state index in [1.165, 1.54) is 18.9 Å². The molecule has 0 aliphatic carbocycles. The van der Waals surface area contributed by atoms with Crippen molar-refractivity contribution in [1.29, 1.82) is 0 Å². The molecular weight excluding hydrogens is 396 g/mol. The van der Waals surface area contributed by atoms with E-state index in [4.69, 9.17) is 16.3 Å². The number of phenols is 1. The Morgan fingerprint density at radius 2 is 2.18 bits per heavy atom. The molecule has 1 aliphatic rings. The quantitative estimate of drug-likeness (QED) is 0.470. The minimum absolute atomic E-state index is 0.0887. The summed E-state index contributed by atoms with van der Waals surface area (Å²) in [6.07, 6.45) is 3.99. The van der Waals surface area contributed by atoms with Crippen LogP contribution in [0.4, 0.5) is 5.69 Å². The van der Waals surface area contributed by atoms with Gasteiger partial charge in [-0.25, -0.2) is 0 Å². The van der Waals surface area contributed by atoms with E-state index in [0.717, 1.165) is 16.8 Å². The van der Waals surface area contributed by atoms with Crippen molar-refractivity contribution in [2.24, 2.45) is 0 Å². The number of hydrogen-bond donors (Lipinski definition) is 3. The molecule has 1 heterocycles. The molecule has 1 amide bonds. The number of benzene rings is 2. The summed E-state index contributed by atoms with van der Waals surface area (Å²) < 4.78 is 5.24. The number of ether oxygens (including phenoxy) is 1. The number of aryl methyl sites for hydroxylation is 1. The number of rotatable bonds is 6. The predicted molar refractivity (Wildman–Crippen MR) is 116 cm³/mol. The molecule has 0 radical (unpaired) electrons. The molecule has 28 heavy (non-hydrogen) atoms. The van der Waals surface area contributed by atoms with Crippen LogP contribution in [0.1, 0.15) is 16.7 Å². The van der Waals surface area contributed by atoms with E-state index in [2.05, 4.69) is 17.2 Å². The third kappa shape index (κ3) is 4.46. The summed E-state index contributed by atoms with van der Waals surface area (Å²) >= 11 is 7.39. The van der Waals surface area contributed by atoms with E-state index in [0.29, 0.717) is 27.7 Å². The molecule has 1 atom stereocenters. The molecule has 2 aromatic rings. The molecule has 0 spiro atoms. The standard InChI is InChI=1S/C21H21ClN2O3S/c1-4-5-14-9-13(10-17(27-3)19(14)25)11-18-20(26)24-21(28-18)23-16-7-6-15(22)8-12(16)2/h4,6-11,21,23,25H,1,5H2,2-3H3,(H,24,26)/b18-11-. The zero-order valence-electron chi connectivity index (χ0n) is 15.6. The summed E-state index contributed by atoms with van der Waals surface area (Å²) in [6.45, 7) is 5.66. The molecule has 1 saturated heterocycles. The predicted octanol–water partition coefficient (Wildman–Crippen LogP) is 4.69. The second kappa shape index (κ2) is 8.63. The number of allylic oxidation sites excluding steroid dienone is 1. The second-order valence-electron chi connectivity index (χ2n) is 6.31. The van der Waals surface area contributed by atoms with Crippen LogP contribution >= 0.6 is 23.4 Å². The fraction of sp³-hybridized carbons (Fsp3) is 0.190. The first kappa shape index (κ1) is 20.2. The molecule has 146 valence electrons. The molecule has 1 aliphatic heterocycles. The molecule has 1 fully saturated rings. The van der Waals surface area contributed by atoms with Crippen molar-refractivity contribution in [3.63, 3.8) is 0 Å². The van der Waals surface area contributed by atoms with E-state index in [1.807, 2.05) is 25.1 Å². The van der Waals surface area contributed by atoms with Gasteiger partial charge >= 0.3 is 0 Å². The topological polar surface area (TPSA) is 70.6 Å². The van der Waals surface area contributed by atoms with Crippen LogP contribution in [0, 0.1) is 6.92 Å².